The first kappa shape index (κ1) is 15.6. The van der Waals surface area contributed by atoms with Gasteiger partial charge in [-0.1, -0.05) is 0 Å². The second kappa shape index (κ2) is 5.71. The molecule has 2 aromatic rings. The highest BCUT2D eigenvalue weighted by molar-refractivity contribution is 5.92. The van der Waals surface area contributed by atoms with Crippen molar-refractivity contribution in [2.24, 2.45) is 7.05 Å². The number of aromatic nitrogens is 4. The topological polar surface area (TPSA) is 66.8 Å². The van der Waals surface area contributed by atoms with Gasteiger partial charge in [0.05, 0.1) is 6.20 Å². The Balaban J connectivity index is 1.75. The largest absolute Gasteiger partial charge is 0.432 e. The van der Waals surface area contributed by atoms with Crippen LogP contribution in [0.3, 0.4) is 0 Å². The van der Waals surface area contributed by atoms with E-state index in [-0.39, 0.29) is 17.6 Å². The summed E-state index contributed by atoms with van der Waals surface area (Å²) in [5.74, 6) is -0.117. The van der Waals surface area contributed by atoms with Crippen LogP contribution in [0.1, 0.15) is 40.8 Å². The lowest BCUT2D eigenvalue weighted by atomic mass is 9.97. The van der Waals surface area contributed by atoms with Crippen molar-refractivity contribution in [2.45, 2.75) is 24.9 Å². The number of alkyl halides is 3. The lowest BCUT2D eigenvalue weighted by Crippen LogP contribution is -2.40. The molecular weight excluding hydrogens is 311 g/mol. The minimum Gasteiger partial charge on any atom is -0.338 e. The summed E-state index contributed by atoms with van der Waals surface area (Å²) < 4.78 is 39.5. The first-order chi connectivity index (χ1) is 10.9. The Kier molecular flexibility index (Phi) is 3.87. The molecule has 1 atom stereocenters. The predicted octanol–water partition coefficient (Wildman–Crippen LogP) is 2.18. The Morgan fingerprint density at radius 2 is 2.22 bits per heavy atom. The zero-order chi connectivity index (χ0) is 16.6. The van der Waals surface area contributed by atoms with Crippen molar-refractivity contribution in [1.82, 2.24) is 24.6 Å². The molecule has 0 spiro atoms. The number of rotatable bonds is 2. The van der Waals surface area contributed by atoms with Gasteiger partial charge in [0.1, 0.15) is 17.2 Å². The molecule has 3 rings (SSSR count). The fourth-order valence-electron chi connectivity index (χ4n) is 2.82. The Hall–Kier alpha value is -2.32. The second-order valence-corrected chi connectivity index (χ2v) is 5.61. The minimum atomic E-state index is -4.44. The van der Waals surface area contributed by atoms with Gasteiger partial charge in [-0.05, 0) is 18.9 Å². The summed E-state index contributed by atoms with van der Waals surface area (Å²) in [7, 11) is 1.68. The molecule has 0 saturated carbocycles. The first-order valence-corrected chi connectivity index (χ1v) is 7.25. The van der Waals surface area contributed by atoms with Crippen LogP contribution in [-0.4, -0.2) is 43.6 Å². The van der Waals surface area contributed by atoms with Gasteiger partial charge in [-0.25, -0.2) is 4.98 Å². The van der Waals surface area contributed by atoms with Crippen molar-refractivity contribution in [3.05, 3.63) is 35.7 Å². The highest BCUT2D eigenvalue weighted by Gasteiger charge is 2.35. The van der Waals surface area contributed by atoms with Crippen molar-refractivity contribution >= 4 is 5.91 Å². The third-order valence-electron chi connectivity index (χ3n) is 4.04. The summed E-state index contributed by atoms with van der Waals surface area (Å²) in [5.41, 5.74) is -0.399. The molecule has 124 valence electrons. The maximum Gasteiger partial charge on any atom is 0.432 e. The van der Waals surface area contributed by atoms with E-state index in [1.165, 1.54) is 10.9 Å². The van der Waals surface area contributed by atoms with Crippen LogP contribution in [0.15, 0.2) is 18.5 Å². The highest BCUT2D eigenvalue weighted by Crippen LogP contribution is 2.31. The van der Waals surface area contributed by atoms with Gasteiger partial charge < -0.3 is 9.88 Å². The molecule has 9 heteroatoms. The fourth-order valence-corrected chi connectivity index (χ4v) is 2.82. The predicted molar refractivity (Wildman–Crippen MR) is 74.7 cm³/mol. The molecule has 0 radical (unpaired) electrons. The van der Waals surface area contributed by atoms with E-state index in [1.54, 1.807) is 18.0 Å². The second-order valence-electron chi connectivity index (χ2n) is 5.61. The Labute approximate surface area is 130 Å². The Bertz CT molecular complexity index is 705. The number of H-pyrrole nitrogens is 1. The number of nitrogens with one attached hydrogen (secondary N) is 1. The van der Waals surface area contributed by atoms with Crippen LogP contribution in [0, 0.1) is 0 Å². The quantitative estimate of drug-likeness (QED) is 0.919. The van der Waals surface area contributed by atoms with E-state index in [4.69, 9.17) is 0 Å². The Morgan fingerprint density at radius 3 is 2.83 bits per heavy atom. The average Bonchev–Trinajstić information content (AvgIpc) is 3.15. The van der Waals surface area contributed by atoms with Crippen molar-refractivity contribution in [1.29, 1.82) is 0 Å². The molecule has 6 nitrogen and oxygen atoms in total. The lowest BCUT2D eigenvalue weighted by molar-refractivity contribution is -0.141. The third-order valence-corrected chi connectivity index (χ3v) is 4.04. The van der Waals surface area contributed by atoms with Crippen LogP contribution in [-0.2, 0) is 13.2 Å². The number of piperidine rings is 1. The molecule has 1 aliphatic heterocycles. The number of carbonyl (C=O) groups excluding carboxylic acids is 1. The van der Waals surface area contributed by atoms with Crippen LogP contribution >= 0.6 is 0 Å². The molecule has 1 amide bonds. The molecule has 1 saturated heterocycles. The number of amides is 1. The number of aryl methyl sites for hydroxylation is 1. The standard InChI is InChI=1S/C14H16F3N5O/c1-21-10(4-5-19-21)13(23)22-6-2-3-9(8-22)12-18-7-11(20-12)14(15,16)17/h4-5,7,9H,2-3,6,8H2,1H3,(H,18,20)/t9-/m0/s1. The SMILES string of the molecule is Cn1nccc1C(=O)N1CCC[C@H](c2ncc(C(F)(F)F)[nH]2)C1. The van der Waals surface area contributed by atoms with Gasteiger partial charge in [0, 0.05) is 32.3 Å². The van der Waals surface area contributed by atoms with Gasteiger partial charge >= 0.3 is 6.18 Å². The van der Waals surface area contributed by atoms with Crippen molar-refractivity contribution in [3.63, 3.8) is 0 Å². The van der Waals surface area contributed by atoms with Gasteiger partial charge in [0.25, 0.3) is 5.91 Å². The molecule has 1 aliphatic rings. The normalized spacial score (nSPS) is 19.1. The number of halogens is 3. The fraction of sp³-hybridized carbons (Fsp3) is 0.500. The van der Waals surface area contributed by atoms with Crippen LogP contribution in [0.2, 0.25) is 0 Å². The molecule has 2 aromatic heterocycles. The summed E-state index contributed by atoms with van der Waals surface area (Å²) in [4.78, 5) is 20.3. The molecule has 0 bridgehead atoms. The molecule has 1 N–H and O–H groups in total. The first-order valence-electron chi connectivity index (χ1n) is 7.25. The van der Waals surface area contributed by atoms with E-state index in [0.29, 0.717) is 25.2 Å². The number of hydrogen-bond acceptors (Lipinski definition) is 3. The van der Waals surface area contributed by atoms with Crippen LogP contribution in [0.5, 0.6) is 0 Å². The van der Waals surface area contributed by atoms with Crippen LogP contribution in [0.25, 0.3) is 0 Å². The molecule has 3 heterocycles. The smallest absolute Gasteiger partial charge is 0.338 e. The number of carbonyl (C=O) groups is 1. The highest BCUT2D eigenvalue weighted by atomic mass is 19.4. The van der Waals surface area contributed by atoms with Gasteiger partial charge in [-0.3, -0.25) is 9.48 Å². The van der Waals surface area contributed by atoms with Crippen LogP contribution < -0.4 is 0 Å². The summed E-state index contributed by atoms with van der Waals surface area (Å²) in [6.07, 6.45) is -0.686. The Morgan fingerprint density at radius 1 is 1.43 bits per heavy atom. The number of likely N-dealkylation sites (tertiary alicyclic amines) is 1. The van der Waals surface area contributed by atoms with Crippen molar-refractivity contribution in [2.75, 3.05) is 13.1 Å². The maximum atomic E-state index is 12.7. The van der Waals surface area contributed by atoms with Crippen molar-refractivity contribution < 1.29 is 18.0 Å². The van der Waals surface area contributed by atoms with Gasteiger partial charge in [-0.15, -0.1) is 0 Å². The minimum absolute atomic E-state index is 0.169. The molecule has 0 unspecified atom stereocenters. The van der Waals surface area contributed by atoms with E-state index in [2.05, 4.69) is 15.1 Å². The van der Waals surface area contributed by atoms with E-state index < -0.39 is 11.9 Å². The summed E-state index contributed by atoms with van der Waals surface area (Å²) in [6, 6.07) is 1.63. The molecule has 23 heavy (non-hydrogen) atoms. The van der Waals surface area contributed by atoms with Gasteiger partial charge in [-0.2, -0.15) is 18.3 Å². The monoisotopic (exact) mass is 327 g/mol. The van der Waals surface area contributed by atoms with Crippen molar-refractivity contribution in [3.8, 4) is 0 Å². The summed E-state index contributed by atoms with van der Waals surface area (Å²) >= 11 is 0. The van der Waals surface area contributed by atoms with E-state index in [9.17, 15) is 18.0 Å². The number of aromatic amines is 1. The van der Waals surface area contributed by atoms with E-state index in [1.807, 2.05) is 0 Å². The van der Waals surface area contributed by atoms with E-state index >= 15 is 0 Å². The molecule has 1 fully saturated rings. The average molecular weight is 327 g/mol. The van der Waals surface area contributed by atoms with Crippen LogP contribution in [0.4, 0.5) is 13.2 Å². The van der Waals surface area contributed by atoms with Gasteiger partial charge in [0.2, 0.25) is 0 Å². The maximum absolute atomic E-state index is 12.7. The zero-order valence-electron chi connectivity index (χ0n) is 12.5. The molecule has 0 aromatic carbocycles. The number of hydrogen-bond donors (Lipinski definition) is 1. The number of imidazole rings is 1. The molecule has 0 aliphatic carbocycles. The zero-order valence-corrected chi connectivity index (χ0v) is 12.5. The third kappa shape index (κ3) is 3.08. The summed E-state index contributed by atoms with van der Waals surface area (Å²) in [6.45, 7) is 0.919. The summed E-state index contributed by atoms with van der Waals surface area (Å²) in [5, 5.41) is 3.97. The molecular formula is C14H16F3N5O. The van der Waals surface area contributed by atoms with E-state index in [0.717, 1.165) is 12.6 Å². The number of nitrogens with zero attached hydrogens (tertiary/aromatic N) is 4. The lowest BCUT2D eigenvalue weighted by Gasteiger charge is -2.31. The van der Waals surface area contributed by atoms with Gasteiger partial charge in [0.15, 0.2) is 0 Å².